The molecule has 0 aromatic heterocycles. The smallest absolute Gasteiger partial charge is 0.0802 e. The maximum atomic E-state index is 9.32. The van der Waals surface area contributed by atoms with Crippen LogP contribution in [0.4, 0.5) is 0 Å². The van der Waals surface area contributed by atoms with E-state index in [2.05, 4.69) is 11.8 Å². The molecule has 0 spiro atoms. The SMILES string of the molecule is CC1CN(CC(O)CCl)CCS1. The Balaban J connectivity index is 2.22. The Hall–Kier alpha value is 0.560. The fourth-order valence-electron chi connectivity index (χ4n) is 1.40. The number of halogens is 1. The Morgan fingerprint density at radius 2 is 2.50 bits per heavy atom. The van der Waals surface area contributed by atoms with E-state index in [1.54, 1.807) is 0 Å². The van der Waals surface area contributed by atoms with E-state index < -0.39 is 0 Å². The Bertz CT molecular complexity index is 136. The first-order chi connectivity index (χ1) is 5.72. The average Bonchev–Trinajstić information content (AvgIpc) is 2.04. The van der Waals surface area contributed by atoms with Gasteiger partial charge in [-0.1, -0.05) is 6.92 Å². The van der Waals surface area contributed by atoms with Gasteiger partial charge >= 0.3 is 0 Å². The normalized spacial score (nSPS) is 28.8. The molecule has 1 aliphatic heterocycles. The summed E-state index contributed by atoms with van der Waals surface area (Å²) in [6.07, 6.45) is -0.359. The highest BCUT2D eigenvalue weighted by molar-refractivity contribution is 7.99. The van der Waals surface area contributed by atoms with Gasteiger partial charge in [0.25, 0.3) is 0 Å². The Morgan fingerprint density at radius 1 is 1.75 bits per heavy atom. The maximum absolute atomic E-state index is 9.32. The monoisotopic (exact) mass is 209 g/mol. The number of β-amino-alcohol motifs (C(OH)–C–C–N with tert-alkyl or cyclic N) is 1. The van der Waals surface area contributed by atoms with E-state index in [1.165, 1.54) is 5.75 Å². The summed E-state index contributed by atoms with van der Waals surface area (Å²) in [6, 6.07) is 0. The molecule has 1 N–H and O–H groups in total. The Labute approximate surface area is 83.3 Å². The molecule has 1 aliphatic rings. The van der Waals surface area contributed by atoms with Gasteiger partial charge in [-0.25, -0.2) is 0 Å². The van der Waals surface area contributed by atoms with Crippen LogP contribution in [0.5, 0.6) is 0 Å². The standard InChI is InChI=1S/C8H16ClNOS/c1-7-5-10(2-3-12-7)6-8(11)4-9/h7-8,11H,2-6H2,1H3. The van der Waals surface area contributed by atoms with E-state index in [0.29, 0.717) is 11.1 Å². The number of rotatable bonds is 3. The van der Waals surface area contributed by atoms with Gasteiger partial charge in [0.1, 0.15) is 0 Å². The predicted molar refractivity (Wildman–Crippen MR) is 55.1 cm³/mol. The molecular formula is C8H16ClNOS. The van der Waals surface area contributed by atoms with Gasteiger partial charge in [-0.3, -0.25) is 4.90 Å². The molecule has 2 unspecified atom stereocenters. The summed E-state index contributed by atoms with van der Waals surface area (Å²) in [5.41, 5.74) is 0. The van der Waals surface area contributed by atoms with Gasteiger partial charge in [-0.2, -0.15) is 11.8 Å². The number of aliphatic hydroxyl groups is 1. The van der Waals surface area contributed by atoms with Crippen LogP contribution in [0.15, 0.2) is 0 Å². The van der Waals surface area contributed by atoms with E-state index in [9.17, 15) is 5.11 Å². The molecule has 1 saturated heterocycles. The largest absolute Gasteiger partial charge is 0.391 e. The minimum absolute atomic E-state index is 0.345. The molecule has 0 radical (unpaired) electrons. The fourth-order valence-corrected chi connectivity index (χ4v) is 2.58. The maximum Gasteiger partial charge on any atom is 0.0802 e. The molecule has 4 heteroatoms. The molecule has 1 heterocycles. The van der Waals surface area contributed by atoms with Crippen molar-refractivity contribution in [2.24, 2.45) is 0 Å². The first kappa shape index (κ1) is 10.6. The van der Waals surface area contributed by atoms with Gasteiger partial charge < -0.3 is 5.11 Å². The first-order valence-electron chi connectivity index (χ1n) is 4.30. The van der Waals surface area contributed by atoms with E-state index in [1.807, 2.05) is 11.8 Å². The molecule has 0 saturated carbocycles. The molecule has 2 atom stereocenters. The molecule has 2 nitrogen and oxygen atoms in total. The second-order valence-corrected chi connectivity index (χ2v) is 5.10. The van der Waals surface area contributed by atoms with Crippen molar-refractivity contribution in [3.05, 3.63) is 0 Å². The topological polar surface area (TPSA) is 23.5 Å². The molecule has 72 valence electrons. The molecule has 0 aromatic carbocycles. The van der Waals surface area contributed by atoms with Crippen LogP contribution in [0.1, 0.15) is 6.92 Å². The van der Waals surface area contributed by atoms with Gasteiger partial charge in [0, 0.05) is 36.5 Å². The lowest BCUT2D eigenvalue weighted by molar-refractivity contribution is 0.132. The lowest BCUT2D eigenvalue weighted by atomic mass is 10.3. The minimum atomic E-state index is -0.359. The fraction of sp³-hybridized carbons (Fsp3) is 1.00. The summed E-state index contributed by atoms with van der Waals surface area (Å²) >= 11 is 7.53. The van der Waals surface area contributed by atoms with Gasteiger partial charge in [0.15, 0.2) is 0 Å². The van der Waals surface area contributed by atoms with Crippen LogP contribution in [-0.4, -0.2) is 52.6 Å². The zero-order valence-electron chi connectivity index (χ0n) is 7.37. The second kappa shape index (κ2) is 5.32. The van der Waals surface area contributed by atoms with Crippen LogP contribution in [0.3, 0.4) is 0 Å². The van der Waals surface area contributed by atoms with Crippen LogP contribution in [-0.2, 0) is 0 Å². The second-order valence-electron chi connectivity index (χ2n) is 3.25. The highest BCUT2D eigenvalue weighted by Crippen LogP contribution is 2.17. The summed E-state index contributed by atoms with van der Waals surface area (Å²) < 4.78 is 0. The molecule has 0 aliphatic carbocycles. The van der Waals surface area contributed by atoms with E-state index >= 15 is 0 Å². The van der Waals surface area contributed by atoms with E-state index in [4.69, 9.17) is 11.6 Å². The van der Waals surface area contributed by atoms with Gasteiger partial charge in [-0.15, -0.1) is 11.6 Å². The zero-order chi connectivity index (χ0) is 8.97. The summed E-state index contributed by atoms with van der Waals surface area (Å²) in [6.45, 7) is 5.12. The summed E-state index contributed by atoms with van der Waals surface area (Å²) in [5, 5.41) is 10.0. The van der Waals surface area contributed by atoms with Crippen LogP contribution in [0.2, 0.25) is 0 Å². The van der Waals surface area contributed by atoms with Gasteiger partial charge in [0.05, 0.1) is 6.10 Å². The Morgan fingerprint density at radius 3 is 3.08 bits per heavy atom. The zero-order valence-corrected chi connectivity index (χ0v) is 8.94. The first-order valence-corrected chi connectivity index (χ1v) is 5.88. The summed E-state index contributed by atoms with van der Waals surface area (Å²) in [4.78, 5) is 2.29. The quantitative estimate of drug-likeness (QED) is 0.703. The van der Waals surface area contributed by atoms with Crippen molar-refractivity contribution in [1.82, 2.24) is 4.90 Å². The number of alkyl halides is 1. The number of aliphatic hydroxyl groups excluding tert-OH is 1. The molecule has 0 bridgehead atoms. The highest BCUT2D eigenvalue weighted by Gasteiger charge is 2.18. The third kappa shape index (κ3) is 3.52. The van der Waals surface area contributed by atoms with E-state index in [0.717, 1.165) is 19.6 Å². The number of hydrogen-bond donors (Lipinski definition) is 1. The van der Waals surface area contributed by atoms with Crippen LogP contribution < -0.4 is 0 Å². The van der Waals surface area contributed by atoms with Crippen molar-refractivity contribution in [1.29, 1.82) is 0 Å². The minimum Gasteiger partial charge on any atom is -0.391 e. The number of hydrogen-bond acceptors (Lipinski definition) is 3. The van der Waals surface area contributed by atoms with Crippen molar-refractivity contribution >= 4 is 23.4 Å². The predicted octanol–water partition coefficient (Wildman–Crippen LogP) is 1.02. The number of thioether (sulfide) groups is 1. The van der Waals surface area contributed by atoms with Crippen molar-refractivity contribution in [2.75, 3.05) is 31.3 Å². The molecular weight excluding hydrogens is 194 g/mol. The average molecular weight is 210 g/mol. The molecule has 1 fully saturated rings. The van der Waals surface area contributed by atoms with Crippen molar-refractivity contribution in [3.8, 4) is 0 Å². The van der Waals surface area contributed by atoms with Crippen LogP contribution in [0.25, 0.3) is 0 Å². The summed E-state index contributed by atoms with van der Waals surface area (Å²) in [7, 11) is 0. The van der Waals surface area contributed by atoms with Crippen molar-refractivity contribution in [2.45, 2.75) is 18.3 Å². The third-order valence-corrected chi connectivity index (χ3v) is 3.46. The lowest BCUT2D eigenvalue weighted by Crippen LogP contribution is -2.41. The molecule has 12 heavy (non-hydrogen) atoms. The van der Waals surface area contributed by atoms with Gasteiger partial charge in [-0.05, 0) is 0 Å². The van der Waals surface area contributed by atoms with Crippen LogP contribution >= 0.6 is 23.4 Å². The highest BCUT2D eigenvalue weighted by atomic mass is 35.5. The lowest BCUT2D eigenvalue weighted by Gasteiger charge is -2.31. The van der Waals surface area contributed by atoms with Crippen LogP contribution in [0, 0.1) is 0 Å². The van der Waals surface area contributed by atoms with E-state index in [-0.39, 0.29) is 6.10 Å². The number of nitrogens with zero attached hydrogens (tertiary/aromatic N) is 1. The molecule has 0 amide bonds. The Kier molecular flexibility index (Phi) is 4.72. The van der Waals surface area contributed by atoms with Crippen molar-refractivity contribution < 1.29 is 5.11 Å². The summed E-state index contributed by atoms with van der Waals surface area (Å²) in [5.74, 6) is 1.52. The molecule has 0 aromatic rings. The van der Waals surface area contributed by atoms with Crippen molar-refractivity contribution in [3.63, 3.8) is 0 Å². The third-order valence-electron chi connectivity index (χ3n) is 1.97. The van der Waals surface area contributed by atoms with Gasteiger partial charge in [0.2, 0.25) is 0 Å². The molecule has 1 rings (SSSR count).